The maximum absolute atomic E-state index is 5.22. The molecule has 0 amide bonds. The van der Waals surface area contributed by atoms with Gasteiger partial charge in [-0.25, -0.2) is 9.97 Å². The smallest absolute Gasteiger partial charge is 0.0973 e. The molecule has 6 aromatic carbocycles. The third-order valence-electron chi connectivity index (χ3n) is 8.88. The van der Waals surface area contributed by atoms with E-state index in [2.05, 4.69) is 175 Å². The van der Waals surface area contributed by atoms with E-state index in [1.807, 2.05) is 6.07 Å². The van der Waals surface area contributed by atoms with Crippen LogP contribution in [0.3, 0.4) is 0 Å². The molecule has 2 aromatic heterocycles. The average molecular weight is 607 g/mol. The SMILES string of the molecule is CCc1cccc2nc(-c3ccc(N(c4ccccc4)c4ccc(-n5c(C)cc6ccccc65)cc4)cc3)c(-c3ccccc3)nc12. The van der Waals surface area contributed by atoms with Crippen LogP contribution < -0.4 is 4.90 Å². The van der Waals surface area contributed by atoms with Crippen molar-refractivity contribution in [2.75, 3.05) is 4.90 Å². The Kier molecular flexibility index (Phi) is 7.31. The van der Waals surface area contributed by atoms with Crippen molar-refractivity contribution < 1.29 is 0 Å². The molecule has 0 fully saturated rings. The lowest BCUT2D eigenvalue weighted by Crippen LogP contribution is -2.10. The highest BCUT2D eigenvalue weighted by molar-refractivity contribution is 5.89. The van der Waals surface area contributed by atoms with Gasteiger partial charge in [0.1, 0.15) is 0 Å². The molecule has 4 heteroatoms. The predicted molar refractivity (Wildman–Crippen MR) is 196 cm³/mol. The lowest BCUT2D eigenvalue weighted by Gasteiger charge is -2.26. The summed E-state index contributed by atoms with van der Waals surface area (Å²) in [5.74, 6) is 0. The first kappa shape index (κ1) is 28.5. The van der Waals surface area contributed by atoms with Gasteiger partial charge in [-0.05, 0) is 85.6 Å². The van der Waals surface area contributed by atoms with E-state index in [1.165, 1.54) is 22.2 Å². The topological polar surface area (TPSA) is 34.0 Å². The summed E-state index contributed by atoms with van der Waals surface area (Å²) in [6.07, 6.45) is 0.909. The highest BCUT2D eigenvalue weighted by Gasteiger charge is 2.17. The molecule has 0 saturated carbocycles. The van der Waals surface area contributed by atoms with Crippen LogP contribution in [0.25, 0.3) is 50.1 Å². The molecule has 0 radical (unpaired) electrons. The highest BCUT2D eigenvalue weighted by Crippen LogP contribution is 2.38. The van der Waals surface area contributed by atoms with E-state index in [-0.39, 0.29) is 0 Å². The van der Waals surface area contributed by atoms with Crippen LogP contribution in [0, 0.1) is 6.92 Å². The number of hydrogen-bond acceptors (Lipinski definition) is 3. The van der Waals surface area contributed by atoms with Crippen LogP contribution in [0.15, 0.2) is 158 Å². The van der Waals surface area contributed by atoms with Crippen molar-refractivity contribution in [3.63, 3.8) is 0 Å². The van der Waals surface area contributed by atoms with Crippen LogP contribution in [-0.4, -0.2) is 14.5 Å². The summed E-state index contributed by atoms with van der Waals surface area (Å²) < 4.78 is 2.32. The third-order valence-corrected chi connectivity index (χ3v) is 8.88. The standard InChI is InChI=1S/C43H34N4/c1-3-31-16-12-19-39-41(31)45-43(32-13-6-4-7-14-32)42(44-39)33-21-23-37(24-22-33)47(35-17-8-5-9-18-35)38-27-25-36(26-28-38)46-30(2)29-34-15-10-11-20-40(34)46/h4-29H,3H2,1-2H3. The highest BCUT2D eigenvalue weighted by atomic mass is 15.1. The fourth-order valence-electron chi connectivity index (χ4n) is 6.60. The van der Waals surface area contributed by atoms with Crippen LogP contribution in [0.1, 0.15) is 18.2 Å². The van der Waals surface area contributed by atoms with Crippen molar-refractivity contribution in [3.8, 4) is 28.2 Å². The van der Waals surface area contributed by atoms with Crippen molar-refractivity contribution in [2.45, 2.75) is 20.3 Å². The summed E-state index contributed by atoms with van der Waals surface area (Å²) >= 11 is 0. The fourth-order valence-corrected chi connectivity index (χ4v) is 6.60. The Balaban J connectivity index is 1.21. The number of fused-ring (bicyclic) bond motifs is 2. The van der Waals surface area contributed by atoms with Gasteiger partial charge in [-0.3, -0.25) is 0 Å². The molecule has 0 spiro atoms. The second kappa shape index (κ2) is 12.1. The zero-order valence-corrected chi connectivity index (χ0v) is 26.5. The lowest BCUT2D eigenvalue weighted by atomic mass is 10.0. The molecule has 0 bridgehead atoms. The fraction of sp³-hybridized carbons (Fsp3) is 0.0698. The summed E-state index contributed by atoms with van der Waals surface area (Å²) in [7, 11) is 0. The average Bonchev–Trinajstić information content (AvgIpc) is 3.48. The lowest BCUT2D eigenvalue weighted by molar-refractivity contribution is 1.05. The van der Waals surface area contributed by atoms with E-state index >= 15 is 0 Å². The molecule has 2 heterocycles. The molecular weight excluding hydrogens is 573 g/mol. The molecule has 0 atom stereocenters. The Hall–Kier alpha value is -6.00. The van der Waals surface area contributed by atoms with Crippen LogP contribution >= 0.6 is 0 Å². The van der Waals surface area contributed by atoms with Crippen LogP contribution in [0.4, 0.5) is 17.1 Å². The minimum atomic E-state index is 0.883. The van der Waals surface area contributed by atoms with E-state index in [4.69, 9.17) is 9.97 Å². The summed E-state index contributed by atoms with van der Waals surface area (Å²) in [6.45, 7) is 4.33. The summed E-state index contributed by atoms with van der Waals surface area (Å²) in [4.78, 5) is 12.7. The first-order valence-electron chi connectivity index (χ1n) is 16.2. The van der Waals surface area contributed by atoms with Crippen molar-refractivity contribution in [2.24, 2.45) is 0 Å². The van der Waals surface area contributed by atoms with Crippen molar-refractivity contribution >= 4 is 39.0 Å². The van der Waals surface area contributed by atoms with E-state index in [1.54, 1.807) is 0 Å². The zero-order chi connectivity index (χ0) is 31.7. The molecule has 8 rings (SSSR count). The molecule has 0 unspecified atom stereocenters. The van der Waals surface area contributed by atoms with Gasteiger partial charge in [0, 0.05) is 45.0 Å². The molecule has 0 N–H and O–H groups in total. The Bertz CT molecular complexity index is 2320. The van der Waals surface area contributed by atoms with Gasteiger partial charge in [0.2, 0.25) is 0 Å². The number of hydrogen-bond donors (Lipinski definition) is 0. The molecule has 0 saturated heterocycles. The van der Waals surface area contributed by atoms with Crippen LogP contribution in [0.2, 0.25) is 0 Å². The molecule has 47 heavy (non-hydrogen) atoms. The first-order chi connectivity index (χ1) is 23.2. The minimum Gasteiger partial charge on any atom is -0.314 e. The Morgan fingerprint density at radius 1 is 0.553 bits per heavy atom. The van der Waals surface area contributed by atoms with Crippen LogP contribution in [0.5, 0.6) is 0 Å². The van der Waals surface area contributed by atoms with Gasteiger partial charge in [-0.2, -0.15) is 0 Å². The monoisotopic (exact) mass is 606 g/mol. The predicted octanol–water partition coefficient (Wildman–Crippen LogP) is 11.2. The Morgan fingerprint density at radius 3 is 1.87 bits per heavy atom. The second-order valence-electron chi connectivity index (χ2n) is 11.8. The molecule has 0 aliphatic rings. The second-order valence-corrected chi connectivity index (χ2v) is 11.8. The molecule has 226 valence electrons. The van der Waals surface area contributed by atoms with Gasteiger partial charge in [-0.1, -0.05) is 97.9 Å². The maximum atomic E-state index is 5.22. The van der Waals surface area contributed by atoms with Gasteiger partial charge >= 0.3 is 0 Å². The van der Waals surface area contributed by atoms with Gasteiger partial charge in [0.05, 0.1) is 27.9 Å². The maximum Gasteiger partial charge on any atom is 0.0973 e. The van der Waals surface area contributed by atoms with Gasteiger partial charge in [-0.15, -0.1) is 0 Å². The van der Waals surface area contributed by atoms with Crippen molar-refractivity contribution in [1.82, 2.24) is 14.5 Å². The number of rotatable bonds is 7. The molecule has 0 aliphatic carbocycles. The number of aromatic nitrogens is 3. The summed E-state index contributed by atoms with van der Waals surface area (Å²) in [5, 5.41) is 1.25. The van der Waals surface area contributed by atoms with E-state index in [9.17, 15) is 0 Å². The van der Waals surface area contributed by atoms with Gasteiger partial charge < -0.3 is 9.47 Å². The van der Waals surface area contributed by atoms with Crippen molar-refractivity contribution in [1.29, 1.82) is 0 Å². The summed E-state index contributed by atoms with van der Waals surface area (Å²) in [5.41, 5.74) is 13.8. The van der Waals surface area contributed by atoms with E-state index in [0.717, 1.165) is 62.7 Å². The number of para-hydroxylation sites is 3. The quantitative estimate of drug-likeness (QED) is 0.181. The minimum absolute atomic E-state index is 0.883. The third kappa shape index (κ3) is 5.24. The number of anilines is 3. The molecule has 0 aliphatic heterocycles. The molecule has 4 nitrogen and oxygen atoms in total. The number of aryl methyl sites for hydroxylation is 2. The van der Waals surface area contributed by atoms with Gasteiger partial charge in [0.15, 0.2) is 0 Å². The van der Waals surface area contributed by atoms with Gasteiger partial charge in [0.25, 0.3) is 0 Å². The van der Waals surface area contributed by atoms with E-state index in [0.29, 0.717) is 0 Å². The summed E-state index contributed by atoms with van der Waals surface area (Å²) in [6, 6.07) is 55.5. The Labute approximate surface area is 275 Å². The normalized spacial score (nSPS) is 11.3. The molecular formula is C43H34N4. The van der Waals surface area contributed by atoms with Crippen molar-refractivity contribution in [3.05, 3.63) is 169 Å². The first-order valence-corrected chi connectivity index (χ1v) is 16.2. The van der Waals surface area contributed by atoms with E-state index < -0.39 is 0 Å². The zero-order valence-electron chi connectivity index (χ0n) is 26.5. The van der Waals surface area contributed by atoms with Crippen LogP contribution in [-0.2, 0) is 6.42 Å². The largest absolute Gasteiger partial charge is 0.314 e. The number of benzene rings is 6. The number of nitrogens with zero attached hydrogens (tertiary/aromatic N) is 4. The molecule has 8 aromatic rings. The Morgan fingerprint density at radius 2 is 1.15 bits per heavy atom.